The number of fused-ring (bicyclic) bond motifs is 1. The van der Waals surface area contributed by atoms with E-state index in [0.29, 0.717) is 48.7 Å². The van der Waals surface area contributed by atoms with Crippen LogP contribution in [0.4, 0.5) is 0 Å². The number of aromatic nitrogens is 2. The number of para-hydroxylation sites is 1. The average Bonchev–Trinajstić information content (AvgIpc) is 3.07. The van der Waals surface area contributed by atoms with Gasteiger partial charge in [-0.2, -0.15) is 0 Å². The Morgan fingerprint density at radius 1 is 1.10 bits per heavy atom. The number of carbonyl (C=O) groups is 2. The number of H-pyrrole nitrogens is 1. The molecule has 1 aromatic carbocycles. The lowest BCUT2D eigenvalue weighted by Crippen LogP contribution is -2.26. The molecule has 2 N–H and O–H groups in total. The van der Waals surface area contributed by atoms with Gasteiger partial charge in [0.2, 0.25) is 0 Å². The minimum absolute atomic E-state index is 0.160. The summed E-state index contributed by atoms with van der Waals surface area (Å²) < 4.78 is 15.9. The van der Waals surface area contributed by atoms with Crippen molar-refractivity contribution in [3.8, 4) is 5.75 Å². The van der Waals surface area contributed by atoms with E-state index in [2.05, 4.69) is 15.3 Å². The van der Waals surface area contributed by atoms with Crippen LogP contribution >= 0.6 is 0 Å². The van der Waals surface area contributed by atoms with Gasteiger partial charge in [0.05, 0.1) is 18.8 Å². The number of benzene rings is 1. The number of hydrogen-bond acceptors (Lipinski definition) is 6. The van der Waals surface area contributed by atoms with Gasteiger partial charge < -0.3 is 24.5 Å². The predicted molar refractivity (Wildman–Crippen MR) is 117 cm³/mol. The molecule has 0 aliphatic heterocycles. The highest BCUT2D eigenvalue weighted by Crippen LogP contribution is 2.23. The average molecular weight is 425 g/mol. The maximum absolute atomic E-state index is 12.6. The van der Waals surface area contributed by atoms with Gasteiger partial charge in [0.15, 0.2) is 0 Å². The molecule has 164 valence electrons. The van der Waals surface area contributed by atoms with E-state index < -0.39 is 5.97 Å². The number of aryl methyl sites for hydroxylation is 1. The SMILES string of the molecule is COCCOC(=O)c1c(C)[nH]c(C(=O)NCCCOc2cccc3cccnc23)c1C. The number of nitrogens with zero attached hydrogens (tertiary/aromatic N) is 1. The van der Waals surface area contributed by atoms with Crippen LogP contribution in [-0.4, -0.2) is 55.3 Å². The minimum Gasteiger partial charge on any atom is -0.491 e. The largest absolute Gasteiger partial charge is 0.491 e. The van der Waals surface area contributed by atoms with Crippen molar-refractivity contribution in [3.63, 3.8) is 0 Å². The zero-order valence-electron chi connectivity index (χ0n) is 18.0. The first kappa shape index (κ1) is 22.3. The third-order valence-corrected chi connectivity index (χ3v) is 4.85. The van der Waals surface area contributed by atoms with Gasteiger partial charge in [0.1, 0.15) is 23.6 Å². The quantitative estimate of drug-likeness (QED) is 0.382. The molecule has 3 rings (SSSR count). The molecule has 0 fully saturated rings. The molecule has 31 heavy (non-hydrogen) atoms. The molecular weight excluding hydrogens is 398 g/mol. The van der Waals surface area contributed by atoms with Gasteiger partial charge in [-0.25, -0.2) is 4.79 Å². The highest BCUT2D eigenvalue weighted by molar-refractivity contribution is 6.00. The molecule has 8 nitrogen and oxygen atoms in total. The van der Waals surface area contributed by atoms with Gasteiger partial charge in [0.25, 0.3) is 5.91 Å². The summed E-state index contributed by atoms with van der Waals surface area (Å²) in [6.45, 7) is 4.81. The number of nitrogens with one attached hydrogen (secondary N) is 2. The van der Waals surface area contributed by atoms with E-state index in [1.165, 1.54) is 7.11 Å². The fourth-order valence-electron chi connectivity index (χ4n) is 3.31. The van der Waals surface area contributed by atoms with Gasteiger partial charge in [-0.1, -0.05) is 18.2 Å². The van der Waals surface area contributed by atoms with Crippen molar-refractivity contribution in [2.45, 2.75) is 20.3 Å². The van der Waals surface area contributed by atoms with Crippen LogP contribution in [0.15, 0.2) is 36.5 Å². The lowest BCUT2D eigenvalue weighted by Gasteiger charge is -2.09. The lowest BCUT2D eigenvalue weighted by molar-refractivity contribution is 0.0387. The van der Waals surface area contributed by atoms with Crippen LogP contribution < -0.4 is 10.1 Å². The number of esters is 1. The molecule has 0 radical (unpaired) electrons. The molecule has 0 aliphatic rings. The number of pyridine rings is 1. The number of aromatic amines is 1. The normalized spacial score (nSPS) is 10.8. The summed E-state index contributed by atoms with van der Waals surface area (Å²) in [5.41, 5.74) is 2.71. The third-order valence-electron chi connectivity index (χ3n) is 4.85. The Bertz CT molecular complexity index is 1060. The van der Waals surface area contributed by atoms with E-state index in [1.54, 1.807) is 20.0 Å². The number of methoxy groups -OCH3 is 1. The highest BCUT2D eigenvalue weighted by Gasteiger charge is 2.22. The molecule has 0 atom stereocenters. The third kappa shape index (κ3) is 5.40. The van der Waals surface area contributed by atoms with Gasteiger partial charge in [0, 0.05) is 30.9 Å². The minimum atomic E-state index is -0.473. The summed E-state index contributed by atoms with van der Waals surface area (Å²) in [4.78, 5) is 32.2. The van der Waals surface area contributed by atoms with Gasteiger partial charge in [-0.15, -0.1) is 0 Å². The molecule has 0 aliphatic carbocycles. The Morgan fingerprint density at radius 3 is 2.71 bits per heavy atom. The van der Waals surface area contributed by atoms with E-state index in [-0.39, 0.29) is 12.5 Å². The van der Waals surface area contributed by atoms with Crippen molar-refractivity contribution in [2.24, 2.45) is 0 Å². The molecule has 0 saturated carbocycles. The van der Waals surface area contributed by atoms with Gasteiger partial charge >= 0.3 is 5.97 Å². The zero-order chi connectivity index (χ0) is 22.2. The fourth-order valence-corrected chi connectivity index (χ4v) is 3.31. The molecular formula is C23H27N3O5. The molecule has 0 bridgehead atoms. The van der Waals surface area contributed by atoms with Crippen molar-refractivity contribution in [2.75, 3.05) is 33.5 Å². The standard InChI is InChI=1S/C23H27N3O5/c1-15-19(23(28)31-14-13-29-3)16(2)26-20(15)22(27)25-11-6-12-30-18-9-4-7-17-8-5-10-24-21(17)18/h4-5,7-10,26H,6,11-14H2,1-3H3,(H,25,27). The topological polar surface area (TPSA) is 103 Å². The molecule has 1 amide bonds. The summed E-state index contributed by atoms with van der Waals surface area (Å²) in [6.07, 6.45) is 2.36. The number of ether oxygens (including phenoxy) is 3. The molecule has 3 aromatic rings. The Balaban J connectivity index is 1.51. The van der Waals surface area contributed by atoms with Crippen molar-refractivity contribution in [1.29, 1.82) is 0 Å². The summed E-state index contributed by atoms with van der Waals surface area (Å²) in [5.74, 6) is -0.0280. The Labute approximate surface area is 180 Å². The van der Waals surface area contributed by atoms with Crippen LogP contribution in [0.1, 0.15) is 38.5 Å². The second kappa shape index (κ2) is 10.6. The monoisotopic (exact) mass is 425 g/mol. The fraction of sp³-hybridized carbons (Fsp3) is 0.348. The van der Waals surface area contributed by atoms with Crippen molar-refractivity contribution in [1.82, 2.24) is 15.3 Å². The first-order valence-corrected chi connectivity index (χ1v) is 10.1. The Morgan fingerprint density at radius 2 is 1.90 bits per heavy atom. The van der Waals surface area contributed by atoms with E-state index in [1.807, 2.05) is 30.3 Å². The summed E-state index contributed by atoms with van der Waals surface area (Å²) in [7, 11) is 1.53. The molecule has 2 aromatic heterocycles. The summed E-state index contributed by atoms with van der Waals surface area (Å²) >= 11 is 0. The maximum Gasteiger partial charge on any atom is 0.340 e. The second-order valence-electron chi connectivity index (χ2n) is 7.04. The Hall–Kier alpha value is -3.39. The van der Waals surface area contributed by atoms with Crippen LogP contribution in [0.2, 0.25) is 0 Å². The number of hydrogen-bond donors (Lipinski definition) is 2. The molecule has 0 saturated heterocycles. The molecule has 2 heterocycles. The van der Waals surface area contributed by atoms with E-state index in [4.69, 9.17) is 14.2 Å². The lowest BCUT2D eigenvalue weighted by atomic mass is 10.1. The van der Waals surface area contributed by atoms with E-state index in [9.17, 15) is 9.59 Å². The zero-order valence-corrected chi connectivity index (χ0v) is 18.0. The first-order chi connectivity index (χ1) is 15.0. The number of rotatable bonds is 10. The molecule has 0 unspecified atom stereocenters. The smallest absolute Gasteiger partial charge is 0.340 e. The number of amides is 1. The van der Waals surface area contributed by atoms with Crippen molar-refractivity contribution >= 4 is 22.8 Å². The highest BCUT2D eigenvalue weighted by atomic mass is 16.6. The second-order valence-corrected chi connectivity index (χ2v) is 7.04. The summed E-state index contributed by atoms with van der Waals surface area (Å²) in [5, 5.41) is 3.87. The number of carbonyl (C=O) groups excluding carboxylic acids is 2. The summed E-state index contributed by atoms with van der Waals surface area (Å²) in [6, 6.07) is 9.66. The van der Waals surface area contributed by atoms with Crippen LogP contribution in [0, 0.1) is 13.8 Å². The first-order valence-electron chi connectivity index (χ1n) is 10.1. The van der Waals surface area contributed by atoms with Crippen LogP contribution in [0.3, 0.4) is 0 Å². The van der Waals surface area contributed by atoms with E-state index in [0.717, 1.165) is 16.7 Å². The molecule has 0 spiro atoms. The molecule has 8 heteroatoms. The van der Waals surface area contributed by atoms with Crippen LogP contribution in [-0.2, 0) is 9.47 Å². The van der Waals surface area contributed by atoms with E-state index >= 15 is 0 Å². The van der Waals surface area contributed by atoms with Crippen molar-refractivity contribution < 1.29 is 23.8 Å². The van der Waals surface area contributed by atoms with Crippen LogP contribution in [0.5, 0.6) is 5.75 Å². The predicted octanol–water partition coefficient (Wildman–Crippen LogP) is 3.18. The maximum atomic E-state index is 12.6. The Kier molecular flexibility index (Phi) is 7.61. The van der Waals surface area contributed by atoms with Crippen LogP contribution in [0.25, 0.3) is 10.9 Å². The van der Waals surface area contributed by atoms with Gasteiger partial charge in [-0.3, -0.25) is 9.78 Å². The van der Waals surface area contributed by atoms with Gasteiger partial charge in [-0.05, 0) is 38.0 Å². The van der Waals surface area contributed by atoms with Crippen molar-refractivity contribution in [3.05, 3.63) is 59.0 Å².